The number of rotatable bonds is 22. The van der Waals surface area contributed by atoms with E-state index in [2.05, 4.69) is 117 Å². The number of phenols is 1. The van der Waals surface area contributed by atoms with Crippen molar-refractivity contribution in [2.45, 2.75) is 223 Å². The standard InChI is InChI=1S/C97H131N23O26S4/c1-11-50(8)80-96(144)119-79(49(6)7)95(143)117-71(93(141)112-63(32-54-22-16-13-17-23-54)87(135)115-66(97(145)146)34-56-37-99-59-25-19-18-24-58(56)59)46-150-149-45-70-92(140)113-64(35-72(98)123)88(136)114-65-36-73(124)108-69(91(139)110-60(30-47(2)3)83(131)101-41-77(128)118-78(48(4)5)94(142)103-40-75(126)107-67(42-121)90(138)116-70)44-148-147-43-68(109-76(127)38-100-81(129)51(9)104-86(134)62(111-89(65)137)31-53-20-14-12-15-21-53)84(132)102-39-74(125)106-61(33-55-26-28-57(122)29-27-55)85(133)105-52(10)82(130)120-80/h12-29,37,47-52,60-71,78-80,99,121-122H,11,30-36,38-46H2,1-10H3,(H2,98,123)(H,100,129)(H,101,131)(H,102,132)(H,103,142)(H,104,134)(H,105,133)(H,106,125)(H,107,126)(H,108,124)(H,109,127)(H,110,139)(H,111,137)(H,112,141)(H,113,140)(H,114,136)(H,115,135)(H,116,138)(H,117,143)(H,118,128)(H,119,144)(H,120,130)(H,145,146)/t50-,51-,52-,60-,61-,62-,63-,64-,65-,66-,67-,68-,69-,70-,71-,78-,79-,80-/m0/s1. The van der Waals surface area contributed by atoms with Gasteiger partial charge in [0.05, 0.1) is 45.6 Å². The van der Waals surface area contributed by atoms with Crippen LogP contribution in [-0.2, 0) is 136 Å². The molecule has 150 heavy (non-hydrogen) atoms. The lowest BCUT2D eigenvalue weighted by atomic mass is 9.96. The summed E-state index contributed by atoms with van der Waals surface area (Å²) in [5, 5.41) is 84.2. The summed E-state index contributed by atoms with van der Waals surface area (Å²) in [5.74, 6) is -32.8. The van der Waals surface area contributed by atoms with Crippen molar-refractivity contribution in [3.63, 3.8) is 0 Å². The number of carboxylic acid groups (broad SMARTS) is 1. The number of primary amides is 1. The van der Waals surface area contributed by atoms with Crippen LogP contribution in [0.1, 0.15) is 117 Å². The Bertz CT molecular complexity index is 5670. The van der Waals surface area contributed by atoms with E-state index in [4.69, 9.17) is 5.73 Å². The number of aliphatic carboxylic acids is 1. The maximum Gasteiger partial charge on any atom is 0.326 e. The van der Waals surface area contributed by atoms with Gasteiger partial charge >= 0.3 is 5.97 Å². The number of aromatic amines is 1. The fourth-order valence-corrected chi connectivity index (χ4v) is 20.1. The number of para-hydroxylation sites is 1. The van der Waals surface area contributed by atoms with E-state index in [-0.39, 0.29) is 37.9 Å². The first-order valence-electron chi connectivity index (χ1n) is 48.4. The number of benzene rings is 4. The lowest BCUT2D eigenvalue weighted by molar-refractivity contribution is -0.142. The number of aliphatic hydroxyl groups is 1. The normalized spacial score (nSPS) is 24.8. The predicted octanol–water partition coefficient (Wildman–Crippen LogP) is -5.56. The maximum absolute atomic E-state index is 15.6. The van der Waals surface area contributed by atoms with E-state index in [0.29, 0.717) is 54.7 Å². The van der Waals surface area contributed by atoms with Crippen LogP contribution in [0.15, 0.2) is 115 Å². The van der Waals surface area contributed by atoms with Crippen LogP contribution in [0.2, 0.25) is 0 Å². The van der Waals surface area contributed by atoms with Crippen LogP contribution in [0.3, 0.4) is 0 Å². The summed E-state index contributed by atoms with van der Waals surface area (Å²) in [7, 11) is 2.72. The van der Waals surface area contributed by atoms with Crippen LogP contribution in [-0.4, -0.2) is 315 Å². The molecule has 53 heteroatoms. The van der Waals surface area contributed by atoms with E-state index < -0.39 is 337 Å². The molecule has 5 aromatic rings. The summed E-state index contributed by atoms with van der Waals surface area (Å²) in [5.41, 5.74) is 8.02. The molecule has 0 spiro atoms. The molecule has 3 aliphatic heterocycles. The lowest BCUT2D eigenvalue weighted by Crippen LogP contribution is -2.62. The second-order valence-electron chi connectivity index (χ2n) is 37.2. The Balaban J connectivity index is 1.31. The molecule has 4 bridgehead atoms. The highest BCUT2D eigenvalue weighted by Gasteiger charge is 2.42. The van der Waals surface area contributed by atoms with Gasteiger partial charge in [0.1, 0.15) is 108 Å². The Morgan fingerprint density at radius 2 is 0.847 bits per heavy atom. The molecule has 4 aromatic carbocycles. The van der Waals surface area contributed by atoms with Gasteiger partial charge in [0, 0.05) is 65.8 Å². The number of carbonyl (C=O) groups excluding carboxylic acids is 22. The Morgan fingerprint density at radius 1 is 0.400 bits per heavy atom. The summed E-state index contributed by atoms with van der Waals surface area (Å²) < 4.78 is 0. The van der Waals surface area contributed by atoms with Gasteiger partial charge in [-0.2, -0.15) is 0 Å². The summed E-state index contributed by atoms with van der Waals surface area (Å²) >= 11 is 0. The van der Waals surface area contributed by atoms with E-state index in [1.165, 1.54) is 77.9 Å². The second-order valence-corrected chi connectivity index (χ2v) is 42.3. The number of nitrogens with one attached hydrogen (secondary N) is 22. The number of carboxylic acids is 1. The second kappa shape index (κ2) is 59.5. The predicted molar refractivity (Wildman–Crippen MR) is 552 cm³/mol. The molecular formula is C97H131N23O26S4. The Hall–Kier alpha value is -14.6. The van der Waals surface area contributed by atoms with Gasteiger partial charge in [0.25, 0.3) is 0 Å². The van der Waals surface area contributed by atoms with Crippen LogP contribution >= 0.6 is 43.2 Å². The van der Waals surface area contributed by atoms with E-state index in [9.17, 15) is 87.2 Å². The molecule has 27 N–H and O–H groups in total. The Morgan fingerprint density at radius 3 is 1.42 bits per heavy atom. The number of amides is 22. The first-order valence-corrected chi connectivity index (χ1v) is 53.4. The molecule has 49 nitrogen and oxygen atoms in total. The highest BCUT2D eigenvalue weighted by molar-refractivity contribution is 8.77. The fourth-order valence-electron chi connectivity index (χ4n) is 15.4. The van der Waals surface area contributed by atoms with Crippen LogP contribution in [0.4, 0.5) is 0 Å². The van der Waals surface area contributed by atoms with E-state index in [1.54, 1.807) is 107 Å². The van der Waals surface area contributed by atoms with Gasteiger partial charge in [-0.15, -0.1) is 0 Å². The van der Waals surface area contributed by atoms with E-state index in [0.717, 1.165) is 21.6 Å². The minimum Gasteiger partial charge on any atom is -0.508 e. The van der Waals surface area contributed by atoms with E-state index in [1.807, 2.05) is 0 Å². The molecule has 4 heterocycles. The molecule has 18 atom stereocenters. The molecule has 0 unspecified atom stereocenters. The summed E-state index contributed by atoms with van der Waals surface area (Å²) in [6.07, 6.45) is -2.37. The van der Waals surface area contributed by atoms with Crippen molar-refractivity contribution in [3.05, 3.63) is 138 Å². The number of H-pyrrole nitrogens is 1. The number of nitrogens with two attached hydrogens (primary N) is 1. The van der Waals surface area contributed by atoms with Crippen molar-refractivity contribution < 1.29 is 126 Å². The fraction of sp³-hybridized carbons (Fsp3) is 0.495. The van der Waals surface area contributed by atoms with Crippen LogP contribution < -0.4 is 117 Å². The van der Waals surface area contributed by atoms with Crippen molar-refractivity contribution in [1.29, 1.82) is 0 Å². The van der Waals surface area contributed by atoms with Crippen molar-refractivity contribution in [3.8, 4) is 5.75 Å². The zero-order valence-electron chi connectivity index (χ0n) is 84.1. The highest BCUT2D eigenvalue weighted by atomic mass is 33.1. The molecule has 814 valence electrons. The first kappa shape index (κ1) is 121. The molecular weight excluding hydrogens is 2030 g/mol. The van der Waals surface area contributed by atoms with Crippen molar-refractivity contribution in [1.82, 2.24) is 117 Å². The molecule has 3 fully saturated rings. The van der Waals surface area contributed by atoms with Gasteiger partial charge < -0.3 is 138 Å². The molecule has 3 saturated heterocycles. The number of phenolic OH excluding ortho intramolecular Hbond substituents is 1. The zero-order valence-corrected chi connectivity index (χ0v) is 87.3. The van der Waals surface area contributed by atoms with Crippen LogP contribution in [0, 0.1) is 23.7 Å². The topological polar surface area (TPSA) is 748 Å². The summed E-state index contributed by atoms with van der Waals surface area (Å²) in [4.78, 5) is 339. The Labute approximate surface area is 879 Å². The van der Waals surface area contributed by atoms with Crippen LogP contribution in [0.25, 0.3) is 10.9 Å². The zero-order chi connectivity index (χ0) is 110. The minimum absolute atomic E-state index is 0.170. The third-order valence-corrected chi connectivity index (χ3v) is 28.8. The van der Waals surface area contributed by atoms with Gasteiger partial charge in [0.2, 0.25) is 130 Å². The van der Waals surface area contributed by atoms with Crippen molar-refractivity contribution >= 4 is 190 Å². The van der Waals surface area contributed by atoms with Gasteiger partial charge in [-0.3, -0.25) is 105 Å². The molecule has 8 rings (SSSR count). The Kier molecular flexibility index (Phi) is 47.9. The maximum atomic E-state index is 15.6. The van der Waals surface area contributed by atoms with Crippen LogP contribution in [0.5, 0.6) is 5.75 Å². The van der Waals surface area contributed by atoms with Gasteiger partial charge in [-0.1, -0.05) is 196 Å². The number of carbonyl (C=O) groups is 23. The average Bonchev–Trinajstić information content (AvgIpc) is 1.63. The number of aromatic nitrogens is 1. The minimum atomic E-state index is -2.32. The molecule has 3 aliphatic rings. The number of aromatic hydroxyl groups is 1. The number of aliphatic hydroxyl groups excluding tert-OH is 1. The SMILES string of the molecule is CC[C@H](C)[C@@H]1NC(=O)[C@H](C)NC(=O)[C@H](Cc2ccc(O)cc2)NC(=O)CNC(=O)[C@@H]2CSSC[C@@H]3NC(=O)C[C@H](NC(=O)[C@H](CC(N)=O)NC(=O)[C@H](CSSC[C@@H](C(=O)N[C@@H](Cc4ccccc4)C(=O)N[C@@H](Cc4c[nH]c5ccccc45)C(=O)O)NC(=O)[C@H](C(C)C)NC1=O)NC(=O)[C@H](CO)NC(=O)CNC(=O)[C@H](C(C)C)NC(=O)CNC(=O)[C@H](CC(C)C)NC3=O)C(=O)N[C@@H](Cc1ccccc1)C(=O)N[C@@H](C)C(=O)NCC(=O)N2. The number of fused-ring (bicyclic) bond motifs is 10. The third-order valence-electron chi connectivity index (χ3n) is 24.0. The van der Waals surface area contributed by atoms with Gasteiger partial charge in [-0.05, 0) is 84.4 Å². The number of hydrogen-bond donors (Lipinski definition) is 26. The van der Waals surface area contributed by atoms with E-state index >= 15 is 38.4 Å². The smallest absolute Gasteiger partial charge is 0.326 e. The van der Waals surface area contributed by atoms with Gasteiger partial charge in [-0.25, -0.2) is 4.79 Å². The third kappa shape index (κ3) is 38.8. The van der Waals surface area contributed by atoms with Gasteiger partial charge in [0.15, 0.2) is 0 Å². The van der Waals surface area contributed by atoms with Crippen molar-refractivity contribution in [2.24, 2.45) is 29.4 Å². The molecule has 1 aromatic heterocycles. The molecule has 22 amide bonds. The lowest BCUT2D eigenvalue weighted by Gasteiger charge is -2.30. The summed E-state index contributed by atoms with van der Waals surface area (Å²) in [6.45, 7) is 9.93. The number of hydrogen-bond acceptors (Lipinski definition) is 29. The largest absolute Gasteiger partial charge is 0.508 e. The first-order chi connectivity index (χ1) is 71.2. The monoisotopic (exact) mass is 2160 g/mol. The quantitative estimate of drug-likeness (QED) is 0.0287. The summed E-state index contributed by atoms with van der Waals surface area (Å²) in [6, 6.07) is -2.34. The average molecular weight is 2160 g/mol. The highest BCUT2D eigenvalue weighted by Crippen LogP contribution is 2.28. The van der Waals surface area contributed by atoms with Crippen molar-refractivity contribution in [2.75, 3.05) is 55.8 Å². The molecule has 0 radical (unpaired) electrons. The molecule has 0 saturated carbocycles. The molecule has 0 aliphatic carbocycles.